The Morgan fingerprint density at radius 2 is 2.00 bits per heavy atom. The van der Waals surface area contributed by atoms with Crippen molar-refractivity contribution in [1.29, 1.82) is 0 Å². The quantitative estimate of drug-likeness (QED) is 0.792. The van der Waals surface area contributed by atoms with Gasteiger partial charge in [-0.15, -0.1) is 0 Å². The molecule has 0 aliphatic carbocycles. The minimum atomic E-state index is -3.08. The number of aromatic nitrogens is 1. The summed E-state index contributed by atoms with van der Waals surface area (Å²) >= 11 is 6.14. The maximum Gasteiger partial charge on any atom is 0.255 e. The number of amides is 1. The number of carbonyl (C=O) groups excluding carboxylic acids is 1. The first-order valence-electron chi connectivity index (χ1n) is 8.18. The van der Waals surface area contributed by atoms with Crippen LogP contribution in [0.25, 0.3) is 0 Å². The van der Waals surface area contributed by atoms with Crippen molar-refractivity contribution in [2.75, 3.05) is 18.6 Å². The van der Waals surface area contributed by atoms with E-state index in [4.69, 9.17) is 11.6 Å². The number of halogens is 1. The molecule has 0 saturated carbocycles. The molecule has 0 bridgehead atoms. The van der Waals surface area contributed by atoms with Gasteiger partial charge in [-0.2, -0.15) is 0 Å². The van der Waals surface area contributed by atoms with Gasteiger partial charge in [0.15, 0.2) is 9.84 Å². The predicted molar refractivity (Wildman–Crippen MR) is 100 cm³/mol. The van der Waals surface area contributed by atoms with Crippen molar-refractivity contribution in [3.8, 4) is 0 Å². The smallest absolute Gasteiger partial charge is 0.255 e. The lowest BCUT2D eigenvalue weighted by Crippen LogP contribution is -2.38. The van der Waals surface area contributed by atoms with Crippen LogP contribution in [0.4, 0.5) is 0 Å². The van der Waals surface area contributed by atoms with E-state index in [1.54, 1.807) is 19.2 Å². The van der Waals surface area contributed by atoms with Crippen LogP contribution in [-0.4, -0.2) is 48.4 Å². The van der Waals surface area contributed by atoms with E-state index in [2.05, 4.69) is 0 Å². The summed E-state index contributed by atoms with van der Waals surface area (Å²) in [6.45, 7) is 0.251. The van der Waals surface area contributed by atoms with E-state index in [9.17, 15) is 18.0 Å². The SMILES string of the molecule is CN(C(=O)c1ccc(=O)n(Cc2ccccc2Cl)c1)C1CCS(=O)(=O)C1. The van der Waals surface area contributed by atoms with E-state index in [-0.39, 0.29) is 35.6 Å². The third-order valence-corrected chi connectivity index (χ3v) is 6.72. The lowest BCUT2D eigenvalue weighted by atomic mass is 10.1. The van der Waals surface area contributed by atoms with Crippen LogP contribution >= 0.6 is 11.6 Å². The lowest BCUT2D eigenvalue weighted by molar-refractivity contribution is 0.0746. The summed E-state index contributed by atoms with van der Waals surface area (Å²) in [6.07, 6.45) is 1.93. The van der Waals surface area contributed by atoms with Crippen LogP contribution in [0.15, 0.2) is 47.4 Å². The second kappa shape index (κ2) is 7.25. The van der Waals surface area contributed by atoms with Gasteiger partial charge < -0.3 is 9.47 Å². The van der Waals surface area contributed by atoms with Crippen molar-refractivity contribution < 1.29 is 13.2 Å². The molecule has 2 heterocycles. The lowest BCUT2D eigenvalue weighted by Gasteiger charge is -2.23. The number of carbonyl (C=O) groups is 1. The topological polar surface area (TPSA) is 76.5 Å². The molecule has 26 heavy (non-hydrogen) atoms. The van der Waals surface area contributed by atoms with Crippen LogP contribution in [-0.2, 0) is 16.4 Å². The molecule has 1 atom stereocenters. The van der Waals surface area contributed by atoms with E-state index in [1.165, 1.54) is 27.8 Å². The van der Waals surface area contributed by atoms with Crippen molar-refractivity contribution in [3.05, 3.63) is 69.1 Å². The molecule has 1 amide bonds. The molecule has 1 aliphatic heterocycles. The van der Waals surface area contributed by atoms with Crippen LogP contribution < -0.4 is 5.56 Å². The highest BCUT2D eigenvalue weighted by molar-refractivity contribution is 7.91. The van der Waals surface area contributed by atoms with Gasteiger partial charge in [-0.25, -0.2) is 8.42 Å². The Balaban J connectivity index is 1.84. The molecule has 1 fully saturated rings. The molecule has 2 aromatic rings. The predicted octanol–water partition coefficient (Wildman–Crippen LogP) is 1.81. The van der Waals surface area contributed by atoms with Crippen LogP contribution in [0.2, 0.25) is 5.02 Å². The van der Waals surface area contributed by atoms with E-state index in [0.717, 1.165) is 5.56 Å². The van der Waals surface area contributed by atoms with Crippen molar-refractivity contribution in [3.63, 3.8) is 0 Å². The number of nitrogens with zero attached hydrogens (tertiary/aromatic N) is 2. The second-order valence-corrected chi connectivity index (χ2v) is 9.08. The summed E-state index contributed by atoms with van der Waals surface area (Å²) in [7, 11) is -1.49. The van der Waals surface area contributed by atoms with E-state index >= 15 is 0 Å². The molecule has 3 rings (SSSR count). The first kappa shape index (κ1) is 18.7. The minimum Gasteiger partial charge on any atom is -0.338 e. The Bertz CT molecular complexity index is 1000. The van der Waals surface area contributed by atoms with Crippen molar-refractivity contribution in [1.82, 2.24) is 9.47 Å². The van der Waals surface area contributed by atoms with Gasteiger partial charge >= 0.3 is 0 Å². The molecular weight excluding hydrogens is 376 g/mol. The average molecular weight is 395 g/mol. The molecule has 0 spiro atoms. The van der Waals surface area contributed by atoms with Gasteiger partial charge in [-0.1, -0.05) is 29.8 Å². The summed E-state index contributed by atoms with van der Waals surface area (Å²) in [6, 6.07) is 9.66. The molecule has 0 radical (unpaired) electrons. The molecule has 1 saturated heterocycles. The highest BCUT2D eigenvalue weighted by Crippen LogP contribution is 2.19. The van der Waals surface area contributed by atoms with E-state index in [1.807, 2.05) is 12.1 Å². The molecule has 1 aromatic heterocycles. The number of hydrogen-bond acceptors (Lipinski definition) is 4. The Hall–Kier alpha value is -2.12. The van der Waals surface area contributed by atoms with Crippen LogP contribution in [0.5, 0.6) is 0 Å². The average Bonchev–Trinajstić information content (AvgIpc) is 2.97. The molecule has 0 N–H and O–H groups in total. The summed E-state index contributed by atoms with van der Waals surface area (Å²) < 4.78 is 24.7. The summed E-state index contributed by atoms with van der Waals surface area (Å²) in [5.74, 6) is -0.226. The highest BCUT2D eigenvalue weighted by Gasteiger charge is 2.33. The van der Waals surface area contributed by atoms with Gasteiger partial charge in [-0.3, -0.25) is 9.59 Å². The minimum absolute atomic E-state index is 0.0193. The van der Waals surface area contributed by atoms with Gasteiger partial charge in [0.05, 0.1) is 23.6 Å². The fourth-order valence-electron chi connectivity index (χ4n) is 3.04. The summed E-state index contributed by atoms with van der Waals surface area (Å²) in [4.78, 5) is 26.3. The van der Waals surface area contributed by atoms with Crippen LogP contribution in [0.1, 0.15) is 22.3 Å². The zero-order valence-electron chi connectivity index (χ0n) is 14.3. The number of sulfone groups is 1. The third-order valence-electron chi connectivity index (χ3n) is 4.61. The molecule has 6 nitrogen and oxygen atoms in total. The van der Waals surface area contributed by atoms with Gasteiger partial charge in [-0.05, 0) is 24.1 Å². The second-order valence-electron chi connectivity index (χ2n) is 6.45. The molecule has 8 heteroatoms. The van der Waals surface area contributed by atoms with Crippen molar-refractivity contribution in [2.45, 2.75) is 19.0 Å². The molecular formula is C18H19ClN2O4S. The molecule has 1 aromatic carbocycles. The summed E-state index contributed by atoms with van der Waals surface area (Å²) in [5, 5.41) is 0.546. The van der Waals surface area contributed by atoms with Gasteiger partial charge in [0, 0.05) is 30.4 Å². The fourth-order valence-corrected chi connectivity index (χ4v) is 5.01. The number of benzene rings is 1. The maximum atomic E-state index is 12.7. The Morgan fingerprint density at radius 3 is 2.65 bits per heavy atom. The Kier molecular flexibility index (Phi) is 5.20. The van der Waals surface area contributed by atoms with Crippen molar-refractivity contribution >= 4 is 27.3 Å². The molecule has 1 unspecified atom stereocenters. The fraction of sp³-hybridized carbons (Fsp3) is 0.333. The zero-order chi connectivity index (χ0) is 18.9. The first-order valence-corrected chi connectivity index (χ1v) is 10.4. The molecule has 1 aliphatic rings. The maximum absolute atomic E-state index is 12.7. The zero-order valence-corrected chi connectivity index (χ0v) is 15.8. The van der Waals surface area contributed by atoms with Gasteiger partial charge in [0.25, 0.3) is 11.5 Å². The number of pyridine rings is 1. The first-order chi connectivity index (χ1) is 12.3. The van der Waals surface area contributed by atoms with Crippen LogP contribution in [0, 0.1) is 0 Å². The standard InChI is InChI=1S/C18H19ClN2O4S/c1-20(15-8-9-26(24,25)12-15)18(23)14-6-7-17(22)21(11-14)10-13-4-2-3-5-16(13)19/h2-7,11,15H,8-10,12H2,1H3. The van der Waals surface area contributed by atoms with Gasteiger partial charge in [0.1, 0.15) is 0 Å². The Morgan fingerprint density at radius 1 is 1.27 bits per heavy atom. The van der Waals surface area contributed by atoms with Crippen molar-refractivity contribution in [2.24, 2.45) is 0 Å². The summed E-state index contributed by atoms with van der Waals surface area (Å²) in [5.41, 5.74) is 0.868. The molecule has 138 valence electrons. The normalized spacial score (nSPS) is 18.6. The van der Waals surface area contributed by atoms with E-state index in [0.29, 0.717) is 17.0 Å². The highest BCUT2D eigenvalue weighted by atomic mass is 35.5. The third kappa shape index (κ3) is 3.99. The van der Waals surface area contributed by atoms with Gasteiger partial charge in [0.2, 0.25) is 0 Å². The van der Waals surface area contributed by atoms with E-state index < -0.39 is 9.84 Å². The largest absolute Gasteiger partial charge is 0.338 e. The van der Waals surface area contributed by atoms with Crippen LogP contribution in [0.3, 0.4) is 0 Å². The Labute approximate surface area is 156 Å². The monoisotopic (exact) mass is 394 g/mol. The number of rotatable bonds is 4. The number of hydrogen-bond donors (Lipinski definition) is 0.